The quantitative estimate of drug-likeness (QED) is 0.807. The third kappa shape index (κ3) is 2.29. The van der Waals surface area contributed by atoms with Crippen molar-refractivity contribution in [2.24, 2.45) is 0 Å². The largest absolute Gasteiger partial charge is 0.496 e. The van der Waals surface area contributed by atoms with Crippen molar-refractivity contribution in [1.29, 1.82) is 0 Å². The zero-order valence-electron chi connectivity index (χ0n) is 13.0. The molecule has 0 saturated carbocycles. The number of hydrogen-bond acceptors (Lipinski definition) is 3. The molecule has 0 atom stereocenters. The molecule has 1 aliphatic carbocycles. The number of carbonyl (C=O) groups excluding carboxylic acids is 1. The van der Waals surface area contributed by atoms with E-state index in [4.69, 9.17) is 9.47 Å². The number of ether oxygens (including phenoxy) is 2. The van der Waals surface area contributed by atoms with Crippen LogP contribution in [0.2, 0.25) is 0 Å². The van der Waals surface area contributed by atoms with Crippen molar-refractivity contribution < 1.29 is 14.3 Å². The normalized spacial score (nSPS) is 15.0. The van der Waals surface area contributed by atoms with Crippen LogP contribution in [-0.4, -0.2) is 20.0 Å². The van der Waals surface area contributed by atoms with E-state index in [1.807, 2.05) is 49.4 Å². The van der Waals surface area contributed by atoms with Crippen LogP contribution in [0.25, 0.3) is 6.08 Å². The Balaban J connectivity index is 2.08. The molecule has 0 heterocycles. The van der Waals surface area contributed by atoms with Crippen molar-refractivity contribution in [2.45, 2.75) is 13.3 Å². The third-order valence-corrected chi connectivity index (χ3v) is 4.05. The number of Topliss-reactive ketones (excluding diaryl/α,β-unsaturated/α-hetero) is 1. The number of benzene rings is 2. The molecule has 0 bridgehead atoms. The number of hydrogen-bond donors (Lipinski definition) is 0. The SMILES string of the molecule is COc1ccccc1/C=C1\Cc2c(OC)ccc(C)c2C1=O. The minimum atomic E-state index is 0.0808. The zero-order chi connectivity index (χ0) is 15.7. The maximum atomic E-state index is 12.7. The standard InChI is InChI=1S/C19H18O3/c1-12-8-9-17(22-3)15-11-14(19(20)18(12)15)10-13-6-4-5-7-16(13)21-2/h4-10H,11H2,1-3H3/b14-10+. The van der Waals surface area contributed by atoms with E-state index in [-0.39, 0.29) is 5.78 Å². The third-order valence-electron chi connectivity index (χ3n) is 4.05. The van der Waals surface area contributed by atoms with Gasteiger partial charge in [0.1, 0.15) is 11.5 Å². The molecule has 0 radical (unpaired) electrons. The molecule has 2 aromatic carbocycles. The molecule has 3 nitrogen and oxygen atoms in total. The Morgan fingerprint density at radius 3 is 2.45 bits per heavy atom. The summed E-state index contributed by atoms with van der Waals surface area (Å²) < 4.78 is 10.8. The number of aryl methyl sites for hydroxylation is 1. The second-order valence-electron chi connectivity index (χ2n) is 5.36. The smallest absolute Gasteiger partial charge is 0.190 e. The topological polar surface area (TPSA) is 35.5 Å². The van der Waals surface area contributed by atoms with Crippen molar-refractivity contribution in [3.05, 3.63) is 64.2 Å². The van der Waals surface area contributed by atoms with Gasteiger partial charge in [0.05, 0.1) is 14.2 Å². The number of para-hydroxylation sites is 1. The first-order chi connectivity index (χ1) is 10.7. The molecule has 0 fully saturated rings. The highest BCUT2D eigenvalue weighted by Gasteiger charge is 2.29. The first kappa shape index (κ1) is 14.4. The molecule has 3 rings (SSSR count). The summed E-state index contributed by atoms with van der Waals surface area (Å²) in [5.41, 5.74) is 4.43. The highest BCUT2D eigenvalue weighted by molar-refractivity contribution is 6.17. The lowest BCUT2D eigenvalue weighted by Crippen LogP contribution is -1.99. The van der Waals surface area contributed by atoms with Crippen LogP contribution in [0.4, 0.5) is 0 Å². The Bertz CT molecular complexity index is 772. The molecular formula is C19H18O3. The van der Waals surface area contributed by atoms with Gasteiger partial charge in [-0.25, -0.2) is 0 Å². The van der Waals surface area contributed by atoms with Gasteiger partial charge in [-0.2, -0.15) is 0 Å². The van der Waals surface area contributed by atoms with Gasteiger partial charge in [-0.3, -0.25) is 4.79 Å². The molecule has 0 unspecified atom stereocenters. The summed E-state index contributed by atoms with van der Waals surface area (Å²) in [6.07, 6.45) is 2.51. The monoisotopic (exact) mass is 294 g/mol. The molecule has 3 heteroatoms. The van der Waals surface area contributed by atoms with Crippen molar-refractivity contribution in [3.63, 3.8) is 0 Å². The van der Waals surface area contributed by atoms with Gasteiger partial charge in [0.25, 0.3) is 0 Å². The van der Waals surface area contributed by atoms with E-state index < -0.39 is 0 Å². The number of allylic oxidation sites excluding steroid dienone is 1. The highest BCUT2D eigenvalue weighted by Crippen LogP contribution is 2.37. The number of fused-ring (bicyclic) bond motifs is 1. The van der Waals surface area contributed by atoms with E-state index in [0.29, 0.717) is 6.42 Å². The van der Waals surface area contributed by atoms with Gasteiger partial charge in [-0.15, -0.1) is 0 Å². The van der Waals surface area contributed by atoms with Gasteiger partial charge >= 0.3 is 0 Å². The summed E-state index contributed by atoms with van der Waals surface area (Å²) >= 11 is 0. The van der Waals surface area contributed by atoms with E-state index in [0.717, 1.165) is 39.3 Å². The summed E-state index contributed by atoms with van der Waals surface area (Å²) in [4.78, 5) is 12.7. The molecule has 0 spiro atoms. The number of rotatable bonds is 3. The van der Waals surface area contributed by atoms with Crippen molar-refractivity contribution in [1.82, 2.24) is 0 Å². The minimum Gasteiger partial charge on any atom is -0.496 e. The minimum absolute atomic E-state index is 0.0808. The van der Waals surface area contributed by atoms with Gasteiger partial charge < -0.3 is 9.47 Å². The fourth-order valence-corrected chi connectivity index (χ4v) is 2.95. The predicted octanol–water partition coefficient (Wildman–Crippen LogP) is 3.83. The maximum absolute atomic E-state index is 12.7. The molecule has 112 valence electrons. The van der Waals surface area contributed by atoms with Crippen molar-refractivity contribution >= 4 is 11.9 Å². The van der Waals surface area contributed by atoms with Crippen LogP contribution < -0.4 is 9.47 Å². The lowest BCUT2D eigenvalue weighted by molar-refractivity contribution is 0.104. The second kappa shape index (κ2) is 5.68. The molecule has 1 aliphatic rings. The lowest BCUT2D eigenvalue weighted by Gasteiger charge is -2.07. The number of carbonyl (C=O) groups is 1. The second-order valence-corrected chi connectivity index (χ2v) is 5.36. The summed E-state index contributed by atoms with van der Waals surface area (Å²) in [7, 11) is 3.27. The van der Waals surface area contributed by atoms with E-state index in [2.05, 4.69) is 0 Å². The van der Waals surface area contributed by atoms with Gasteiger partial charge in [0.2, 0.25) is 0 Å². The first-order valence-corrected chi connectivity index (χ1v) is 7.20. The molecule has 0 N–H and O–H groups in total. The molecule has 0 aliphatic heterocycles. The number of methoxy groups -OCH3 is 2. The summed E-state index contributed by atoms with van der Waals surface area (Å²) in [6, 6.07) is 11.6. The molecule has 0 aromatic heterocycles. The molecule has 0 amide bonds. The van der Waals surface area contributed by atoms with Crippen LogP contribution in [0.1, 0.15) is 27.0 Å². The summed E-state index contributed by atoms with van der Waals surface area (Å²) in [5, 5.41) is 0. The Hall–Kier alpha value is -2.55. The van der Waals surface area contributed by atoms with Crippen LogP contribution in [0.15, 0.2) is 42.0 Å². The molecular weight excluding hydrogens is 276 g/mol. The highest BCUT2D eigenvalue weighted by atomic mass is 16.5. The Kier molecular flexibility index (Phi) is 3.72. The fraction of sp³-hybridized carbons (Fsp3) is 0.211. The average molecular weight is 294 g/mol. The fourth-order valence-electron chi connectivity index (χ4n) is 2.95. The lowest BCUT2D eigenvalue weighted by atomic mass is 10.0. The zero-order valence-corrected chi connectivity index (χ0v) is 13.0. The molecule has 0 saturated heterocycles. The predicted molar refractivity (Wildman–Crippen MR) is 86.7 cm³/mol. The first-order valence-electron chi connectivity index (χ1n) is 7.20. The van der Waals surface area contributed by atoms with E-state index in [9.17, 15) is 4.79 Å². The van der Waals surface area contributed by atoms with E-state index in [1.54, 1.807) is 14.2 Å². The van der Waals surface area contributed by atoms with Crippen molar-refractivity contribution in [2.75, 3.05) is 14.2 Å². The van der Waals surface area contributed by atoms with Crippen molar-refractivity contribution in [3.8, 4) is 11.5 Å². The van der Waals surface area contributed by atoms with Crippen LogP contribution in [0, 0.1) is 6.92 Å². The van der Waals surface area contributed by atoms with Gasteiger partial charge in [-0.05, 0) is 30.7 Å². The Labute approximate surface area is 130 Å². The molecule has 2 aromatic rings. The Morgan fingerprint density at radius 2 is 1.73 bits per heavy atom. The van der Waals surface area contributed by atoms with Gasteiger partial charge in [-0.1, -0.05) is 24.3 Å². The molecule has 22 heavy (non-hydrogen) atoms. The average Bonchev–Trinajstić information content (AvgIpc) is 2.86. The number of ketones is 1. The van der Waals surface area contributed by atoms with Crippen LogP contribution in [0.3, 0.4) is 0 Å². The van der Waals surface area contributed by atoms with E-state index in [1.165, 1.54) is 0 Å². The van der Waals surface area contributed by atoms with Gasteiger partial charge in [0.15, 0.2) is 5.78 Å². The maximum Gasteiger partial charge on any atom is 0.190 e. The van der Waals surface area contributed by atoms with E-state index >= 15 is 0 Å². The van der Waals surface area contributed by atoms with Crippen LogP contribution in [0.5, 0.6) is 11.5 Å². The van der Waals surface area contributed by atoms with Crippen LogP contribution in [-0.2, 0) is 6.42 Å². The summed E-state index contributed by atoms with van der Waals surface area (Å²) in [6.45, 7) is 1.96. The van der Waals surface area contributed by atoms with Gasteiger partial charge in [0, 0.05) is 28.7 Å². The summed E-state index contributed by atoms with van der Waals surface area (Å²) in [5.74, 6) is 1.62. The van der Waals surface area contributed by atoms with Crippen LogP contribution >= 0.6 is 0 Å². The Morgan fingerprint density at radius 1 is 1.00 bits per heavy atom.